The molecule has 0 aliphatic heterocycles. The Bertz CT molecular complexity index is 641. The van der Waals surface area contributed by atoms with Gasteiger partial charge in [-0.2, -0.15) is 0 Å². The van der Waals surface area contributed by atoms with Gasteiger partial charge in [0.2, 0.25) is 0 Å². The van der Waals surface area contributed by atoms with E-state index in [4.69, 9.17) is 5.73 Å². The molecule has 3 aromatic carbocycles. The van der Waals surface area contributed by atoms with Crippen LogP contribution in [0.5, 0.6) is 0 Å². The van der Waals surface area contributed by atoms with Gasteiger partial charge in [0.15, 0.2) is 0 Å². The minimum atomic E-state index is 0.596. The lowest BCUT2D eigenvalue weighted by atomic mass is 10.0. The first-order valence-electron chi connectivity index (χ1n) is 4.98. The quantitative estimate of drug-likeness (QED) is 0.482. The van der Waals surface area contributed by atoms with Crippen LogP contribution < -0.4 is 5.73 Å². The molecule has 0 aliphatic rings. The van der Waals surface area contributed by atoms with Gasteiger partial charge < -0.3 is 5.73 Å². The minimum absolute atomic E-state index is 0.596. The highest BCUT2D eigenvalue weighted by Gasteiger charge is 2.01. The summed E-state index contributed by atoms with van der Waals surface area (Å²) in [6.45, 7) is 0. The molecule has 0 saturated heterocycles. The molecular formula is C14H10N. The zero-order chi connectivity index (χ0) is 10.3. The third kappa shape index (κ3) is 1.17. The second kappa shape index (κ2) is 2.99. The van der Waals surface area contributed by atoms with Gasteiger partial charge in [-0.15, -0.1) is 0 Å². The summed E-state index contributed by atoms with van der Waals surface area (Å²) in [6, 6.07) is 18.2. The summed E-state index contributed by atoms with van der Waals surface area (Å²) in [5.41, 5.74) is 8.43. The van der Waals surface area contributed by atoms with E-state index in [1.807, 2.05) is 30.3 Å². The third-order valence-electron chi connectivity index (χ3n) is 2.79. The molecule has 0 aliphatic carbocycles. The van der Waals surface area contributed by atoms with Crippen LogP contribution in [0, 0.1) is 0 Å². The molecule has 15 heavy (non-hydrogen) atoms. The monoisotopic (exact) mass is 192 g/mol. The molecule has 0 fully saturated rings. The Labute approximate surface area is 88.1 Å². The lowest BCUT2D eigenvalue weighted by Gasteiger charge is -2.04. The van der Waals surface area contributed by atoms with E-state index in [0.717, 1.165) is 5.39 Å². The van der Waals surface area contributed by atoms with Crippen LogP contribution >= 0.6 is 0 Å². The molecular weight excluding hydrogens is 182 g/mol. The van der Waals surface area contributed by atoms with Crippen LogP contribution in [0.4, 0.5) is 5.69 Å². The molecule has 0 amide bonds. The van der Waals surface area contributed by atoms with Crippen LogP contribution in [0.1, 0.15) is 0 Å². The molecule has 3 rings (SSSR count). The van der Waals surface area contributed by atoms with Crippen molar-refractivity contribution < 1.29 is 0 Å². The predicted octanol–water partition coefficient (Wildman–Crippen LogP) is 3.91. The SMILES string of the molecule is [NH]c1cccc2c1ccc1ccccc12. The highest BCUT2D eigenvalue weighted by molar-refractivity contribution is 6.10. The topological polar surface area (TPSA) is 23.8 Å². The lowest BCUT2D eigenvalue weighted by Crippen LogP contribution is -1.78. The normalized spacial score (nSPS) is 10.9. The molecule has 1 radical (unpaired) electrons. The zero-order valence-electron chi connectivity index (χ0n) is 8.20. The zero-order valence-corrected chi connectivity index (χ0v) is 8.20. The van der Waals surface area contributed by atoms with E-state index in [1.54, 1.807) is 0 Å². The maximum Gasteiger partial charge on any atom is 0.0618 e. The molecule has 0 heterocycles. The molecule has 1 N–H and O–H groups in total. The van der Waals surface area contributed by atoms with Crippen molar-refractivity contribution in [2.45, 2.75) is 0 Å². The Kier molecular flexibility index (Phi) is 1.65. The van der Waals surface area contributed by atoms with E-state index in [2.05, 4.69) is 24.3 Å². The van der Waals surface area contributed by atoms with Crippen molar-refractivity contribution in [2.24, 2.45) is 0 Å². The first-order valence-corrected chi connectivity index (χ1v) is 4.98. The van der Waals surface area contributed by atoms with E-state index >= 15 is 0 Å². The van der Waals surface area contributed by atoms with Crippen LogP contribution in [0.3, 0.4) is 0 Å². The Morgan fingerprint density at radius 1 is 0.600 bits per heavy atom. The summed E-state index contributed by atoms with van der Waals surface area (Å²) in [5.74, 6) is 0. The van der Waals surface area contributed by atoms with Crippen LogP contribution in [0.25, 0.3) is 21.5 Å². The molecule has 0 aromatic heterocycles. The van der Waals surface area contributed by atoms with Gasteiger partial charge in [0.25, 0.3) is 0 Å². The Hall–Kier alpha value is -2.02. The average Bonchev–Trinajstić information content (AvgIpc) is 2.29. The molecule has 3 aromatic rings. The second-order valence-electron chi connectivity index (χ2n) is 3.69. The number of benzene rings is 3. The second-order valence-corrected chi connectivity index (χ2v) is 3.69. The summed E-state index contributed by atoms with van der Waals surface area (Å²) in [4.78, 5) is 0. The molecule has 0 spiro atoms. The van der Waals surface area contributed by atoms with Gasteiger partial charge in [-0.25, -0.2) is 0 Å². The standard InChI is InChI=1S/C14H10N/c15-14-7-3-6-12-11-5-2-1-4-10(11)8-9-13(12)14/h1-9,15H. The van der Waals surface area contributed by atoms with Crippen LogP contribution in [-0.2, 0) is 0 Å². The van der Waals surface area contributed by atoms with Crippen molar-refractivity contribution in [3.8, 4) is 0 Å². The van der Waals surface area contributed by atoms with Crippen molar-refractivity contribution in [1.82, 2.24) is 5.73 Å². The maximum atomic E-state index is 7.84. The van der Waals surface area contributed by atoms with Gasteiger partial charge in [0.1, 0.15) is 0 Å². The first-order chi connectivity index (χ1) is 7.36. The van der Waals surface area contributed by atoms with Gasteiger partial charge in [0.05, 0.1) is 5.69 Å². The maximum absolute atomic E-state index is 7.84. The molecule has 0 unspecified atom stereocenters. The van der Waals surface area contributed by atoms with Crippen molar-refractivity contribution >= 4 is 27.2 Å². The van der Waals surface area contributed by atoms with E-state index in [0.29, 0.717) is 5.69 Å². The largest absolute Gasteiger partial charge is 0.300 e. The highest BCUT2D eigenvalue weighted by atomic mass is 14.5. The molecule has 0 saturated carbocycles. The summed E-state index contributed by atoms with van der Waals surface area (Å²) >= 11 is 0. The smallest absolute Gasteiger partial charge is 0.0618 e. The summed E-state index contributed by atoms with van der Waals surface area (Å²) in [7, 11) is 0. The van der Waals surface area contributed by atoms with Crippen molar-refractivity contribution in [2.75, 3.05) is 0 Å². The van der Waals surface area contributed by atoms with Crippen molar-refractivity contribution in [3.05, 3.63) is 54.6 Å². The molecule has 1 heteroatoms. The fourth-order valence-corrected chi connectivity index (χ4v) is 2.04. The molecule has 1 nitrogen and oxygen atoms in total. The fourth-order valence-electron chi connectivity index (χ4n) is 2.04. The van der Waals surface area contributed by atoms with Crippen LogP contribution in [-0.4, -0.2) is 0 Å². The highest BCUT2D eigenvalue weighted by Crippen LogP contribution is 2.28. The number of hydrogen-bond acceptors (Lipinski definition) is 0. The van der Waals surface area contributed by atoms with Gasteiger partial charge in [-0.05, 0) is 22.2 Å². The summed E-state index contributed by atoms with van der Waals surface area (Å²) < 4.78 is 0. The molecule has 0 bridgehead atoms. The van der Waals surface area contributed by atoms with E-state index < -0.39 is 0 Å². The van der Waals surface area contributed by atoms with E-state index in [9.17, 15) is 0 Å². The van der Waals surface area contributed by atoms with E-state index in [-0.39, 0.29) is 0 Å². The minimum Gasteiger partial charge on any atom is -0.300 e. The first kappa shape index (κ1) is 8.30. The Morgan fingerprint density at radius 2 is 1.40 bits per heavy atom. The van der Waals surface area contributed by atoms with Crippen LogP contribution in [0.15, 0.2) is 54.6 Å². The van der Waals surface area contributed by atoms with Gasteiger partial charge >= 0.3 is 0 Å². The van der Waals surface area contributed by atoms with Gasteiger partial charge in [-0.1, -0.05) is 48.5 Å². The van der Waals surface area contributed by atoms with E-state index in [1.165, 1.54) is 16.2 Å². The summed E-state index contributed by atoms with van der Waals surface area (Å²) in [6.07, 6.45) is 0. The van der Waals surface area contributed by atoms with Gasteiger partial charge in [-0.3, -0.25) is 0 Å². The predicted molar refractivity (Wildman–Crippen MR) is 64.2 cm³/mol. The van der Waals surface area contributed by atoms with Crippen molar-refractivity contribution in [3.63, 3.8) is 0 Å². The van der Waals surface area contributed by atoms with Crippen molar-refractivity contribution in [1.29, 1.82) is 0 Å². The molecule has 0 atom stereocenters. The Balaban J connectivity index is 2.60. The number of fused-ring (bicyclic) bond motifs is 3. The lowest BCUT2D eigenvalue weighted by molar-refractivity contribution is 1.53. The third-order valence-corrected chi connectivity index (χ3v) is 2.79. The Morgan fingerprint density at radius 3 is 2.33 bits per heavy atom. The summed E-state index contributed by atoms with van der Waals surface area (Å²) in [5, 5.41) is 4.65. The van der Waals surface area contributed by atoms with Gasteiger partial charge in [0, 0.05) is 5.39 Å². The number of nitrogens with one attached hydrogen (secondary N) is 1. The number of rotatable bonds is 0. The fraction of sp³-hybridized carbons (Fsp3) is 0. The number of hydrogen-bond donors (Lipinski definition) is 0. The average molecular weight is 192 g/mol. The van der Waals surface area contributed by atoms with Crippen LogP contribution in [0.2, 0.25) is 0 Å². The molecule has 71 valence electrons.